The zero-order valence-electron chi connectivity index (χ0n) is 15.7. The van der Waals surface area contributed by atoms with Gasteiger partial charge in [-0.3, -0.25) is 9.59 Å². The maximum atomic E-state index is 14.0. The number of benzene rings is 3. The largest absolute Gasteiger partial charge is 0.339 e. The van der Waals surface area contributed by atoms with Crippen molar-refractivity contribution in [3.8, 4) is 0 Å². The standard InChI is InChI=1S/C23H20BrFN2O2/c24-17-8-9-21(20(25)14-17)26-22(28)16-10-12-27(13-11-16)23(29)19-7-3-5-15-4-1-2-6-18(15)19/h1-9,14,16H,10-13H2,(H,26,28). The van der Waals surface area contributed by atoms with E-state index in [1.54, 1.807) is 11.0 Å². The van der Waals surface area contributed by atoms with Crippen molar-refractivity contribution in [1.82, 2.24) is 4.90 Å². The molecular formula is C23H20BrFN2O2. The molecule has 0 atom stereocenters. The van der Waals surface area contributed by atoms with Crippen LogP contribution in [-0.2, 0) is 4.79 Å². The van der Waals surface area contributed by atoms with Gasteiger partial charge in [0.2, 0.25) is 5.91 Å². The number of amides is 2. The van der Waals surface area contributed by atoms with Gasteiger partial charge < -0.3 is 10.2 Å². The summed E-state index contributed by atoms with van der Waals surface area (Å²) >= 11 is 3.20. The highest BCUT2D eigenvalue weighted by Crippen LogP contribution is 2.25. The van der Waals surface area contributed by atoms with Crippen molar-refractivity contribution in [2.45, 2.75) is 12.8 Å². The van der Waals surface area contributed by atoms with Gasteiger partial charge in [0, 0.05) is 29.0 Å². The van der Waals surface area contributed by atoms with Crippen LogP contribution < -0.4 is 5.32 Å². The van der Waals surface area contributed by atoms with Crippen LogP contribution in [0.4, 0.5) is 10.1 Å². The zero-order valence-corrected chi connectivity index (χ0v) is 17.3. The number of anilines is 1. The Hall–Kier alpha value is -2.73. The summed E-state index contributed by atoms with van der Waals surface area (Å²) in [4.78, 5) is 27.4. The first-order valence-electron chi connectivity index (χ1n) is 9.56. The number of hydrogen-bond donors (Lipinski definition) is 1. The second kappa shape index (κ2) is 8.33. The first-order chi connectivity index (χ1) is 14.0. The fraction of sp³-hybridized carbons (Fsp3) is 0.217. The molecule has 1 N–H and O–H groups in total. The van der Waals surface area contributed by atoms with Gasteiger partial charge in [0.25, 0.3) is 5.91 Å². The van der Waals surface area contributed by atoms with Crippen molar-refractivity contribution in [1.29, 1.82) is 0 Å². The minimum Gasteiger partial charge on any atom is -0.339 e. The molecule has 2 amide bonds. The molecule has 6 heteroatoms. The lowest BCUT2D eigenvalue weighted by atomic mass is 9.94. The van der Waals surface area contributed by atoms with Crippen molar-refractivity contribution in [3.05, 3.63) is 76.5 Å². The maximum Gasteiger partial charge on any atom is 0.254 e. The van der Waals surface area contributed by atoms with Crippen LogP contribution in [-0.4, -0.2) is 29.8 Å². The van der Waals surface area contributed by atoms with E-state index in [-0.39, 0.29) is 23.4 Å². The van der Waals surface area contributed by atoms with E-state index in [2.05, 4.69) is 21.2 Å². The summed E-state index contributed by atoms with van der Waals surface area (Å²) in [6.07, 6.45) is 1.11. The van der Waals surface area contributed by atoms with Crippen molar-refractivity contribution in [2.75, 3.05) is 18.4 Å². The third-order valence-electron chi connectivity index (χ3n) is 5.36. The Morgan fingerprint density at radius 2 is 1.72 bits per heavy atom. The molecule has 29 heavy (non-hydrogen) atoms. The number of halogens is 2. The third kappa shape index (κ3) is 4.17. The number of piperidine rings is 1. The van der Waals surface area contributed by atoms with Gasteiger partial charge in [-0.05, 0) is 47.9 Å². The molecule has 0 radical (unpaired) electrons. The number of hydrogen-bond acceptors (Lipinski definition) is 2. The molecule has 1 aliphatic rings. The van der Waals surface area contributed by atoms with Crippen molar-refractivity contribution >= 4 is 44.2 Å². The predicted octanol–water partition coefficient (Wildman–Crippen LogP) is 5.23. The highest BCUT2D eigenvalue weighted by molar-refractivity contribution is 9.10. The van der Waals surface area contributed by atoms with Gasteiger partial charge in [-0.1, -0.05) is 52.3 Å². The van der Waals surface area contributed by atoms with E-state index in [9.17, 15) is 14.0 Å². The molecular weight excluding hydrogens is 435 g/mol. The summed E-state index contributed by atoms with van der Waals surface area (Å²) in [5, 5.41) is 4.64. The van der Waals surface area contributed by atoms with Crippen LogP contribution in [0.1, 0.15) is 23.2 Å². The summed E-state index contributed by atoms with van der Waals surface area (Å²) in [5.41, 5.74) is 0.857. The molecule has 148 valence electrons. The Labute approximate surface area is 176 Å². The maximum absolute atomic E-state index is 14.0. The van der Waals surface area contributed by atoms with Gasteiger partial charge in [-0.15, -0.1) is 0 Å². The molecule has 1 aliphatic heterocycles. The number of nitrogens with one attached hydrogen (secondary N) is 1. The van der Waals surface area contributed by atoms with E-state index < -0.39 is 5.82 Å². The summed E-state index contributed by atoms with van der Waals surface area (Å²) < 4.78 is 14.6. The lowest BCUT2D eigenvalue weighted by Gasteiger charge is -2.31. The summed E-state index contributed by atoms with van der Waals surface area (Å²) in [5.74, 6) is -0.936. The van der Waals surface area contributed by atoms with Gasteiger partial charge in [-0.2, -0.15) is 0 Å². The molecule has 0 saturated carbocycles. The van der Waals surface area contributed by atoms with Crippen molar-refractivity contribution in [2.24, 2.45) is 5.92 Å². The van der Waals surface area contributed by atoms with Gasteiger partial charge in [0.15, 0.2) is 0 Å². The zero-order chi connectivity index (χ0) is 20.4. The first-order valence-corrected chi connectivity index (χ1v) is 10.3. The predicted molar refractivity (Wildman–Crippen MR) is 115 cm³/mol. The summed E-state index contributed by atoms with van der Waals surface area (Å²) in [7, 11) is 0. The number of fused-ring (bicyclic) bond motifs is 1. The Morgan fingerprint density at radius 1 is 1.00 bits per heavy atom. The van der Waals surface area contributed by atoms with E-state index in [1.165, 1.54) is 12.1 Å². The quantitative estimate of drug-likeness (QED) is 0.588. The van der Waals surface area contributed by atoms with Crippen molar-refractivity contribution < 1.29 is 14.0 Å². The van der Waals surface area contributed by atoms with E-state index in [4.69, 9.17) is 0 Å². The van der Waals surface area contributed by atoms with Gasteiger partial charge in [0.1, 0.15) is 5.82 Å². The normalized spacial score (nSPS) is 14.8. The molecule has 0 spiro atoms. The average Bonchev–Trinajstić information content (AvgIpc) is 2.75. The minimum atomic E-state index is -0.476. The molecule has 0 unspecified atom stereocenters. The topological polar surface area (TPSA) is 49.4 Å². The number of rotatable bonds is 3. The van der Waals surface area contributed by atoms with Gasteiger partial charge >= 0.3 is 0 Å². The Morgan fingerprint density at radius 3 is 2.48 bits per heavy atom. The molecule has 1 heterocycles. The third-order valence-corrected chi connectivity index (χ3v) is 5.86. The van der Waals surface area contributed by atoms with E-state index in [1.807, 2.05) is 42.5 Å². The molecule has 3 aromatic carbocycles. The number of likely N-dealkylation sites (tertiary alicyclic amines) is 1. The fourth-order valence-electron chi connectivity index (χ4n) is 3.75. The van der Waals surface area contributed by atoms with Crippen LogP contribution in [0.25, 0.3) is 10.8 Å². The molecule has 1 saturated heterocycles. The monoisotopic (exact) mass is 454 g/mol. The van der Waals surface area contributed by atoms with Crippen LogP contribution in [0.2, 0.25) is 0 Å². The molecule has 4 rings (SSSR count). The molecule has 0 bridgehead atoms. The molecule has 0 aromatic heterocycles. The van der Waals surface area contributed by atoms with Crippen LogP contribution in [0, 0.1) is 11.7 Å². The Kier molecular flexibility index (Phi) is 5.62. The van der Waals surface area contributed by atoms with E-state index >= 15 is 0 Å². The number of carbonyl (C=O) groups is 2. The summed E-state index contributed by atoms with van der Waals surface area (Å²) in [6.45, 7) is 1.01. The number of nitrogens with zero attached hydrogens (tertiary/aromatic N) is 1. The van der Waals surface area contributed by atoms with Gasteiger partial charge in [0.05, 0.1) is 5.69 Å². The van der Waals surface area contributed by atoms with Gasteiger partial charge in [-0.25, -0.2) is 4.39 Å². The second-order valence-electron chi connectivity index (χ2n) is 7.21. The lowest BCUT2D eigenvalue weighted by molar-refractivity contribution is -0.121. The molecule has 4 nitrogen and oxygen atoms in total. The van der Waals surface area contributed by atoms with Crippen LogP contribution in [0.3, 0.4) is 0 Å². The van der Waals surface area contributed by atoms with Crippen LogP contribution in [0.15, 0.2) is 65.1 Å². The fourth-order valence-corrected chi connectivity index (χ4v) is 4.09. The lowest BCUT2D eigenvalue weighted by Crippen LogP contribution is -2.41. The minimum absolute atomic E-state index is 0.0142. The summed E-state index contributed by atoms with van der Waals surface area (Å²) in [6, 6.07) is 18.1. The smallest absolute Gasteiger partial charge is 0.254 e. The van der Waals surface area contributed by atoms with E-state index in [0.717, 1.165) is 10.8 Å². The second-order valence-corrected chi connectivity index (χ2v) is 8.12. The van der Waals surface area contributed by atoms with Crippen LogP contribution >= 0.6 is 15.9 Å². The first kappa shape index (κ1) is 19.6. The Bertz CT molecular complexity index is 1070. The molecule has 0 aliphatic carbocycles. The van der Waals surface area contributed by atoms with Crippen molar-refractivity contribution in [3.63, 3.8) is 0 Å². The Balaban J connectivity index is 1.41. The average molecular weight is 455 g/mol. The molecule has 3 aromatic rings. The molecule has 1 fully saturated rings. The van der Waals surface area contributed by atoms with E-state index in [0.29, 0.717) is 36.0 Å². The van der Waals surface area contributed by atoms with Crippen LogP contribution in [0.5, 0.6) is 0 Å². The highest BCUT2D eigenvalue weighted by atomic mass is 79.9. The number of carbonyl (C=O) groups excluding carboxylic acids is 2. The SMILES string of the molecule is O=C(Nc1ccc(Br)cc1F)C1CCN(C(=O)c2cccc3ccccc23)CC1. The highest BCUT2D eigenvalue weighted by Gasteiger charge is 2.28.